The number of carbonyl (C=O) groups is 1. The highest BCUT2D eigenvalue weighted by Crippen LogP contribution is 2.10. The zero-order valence-corrected chi connectivity index (χ0v) is 12.6. The molecule has 0 bridgehead atoms. The van der Waals surface area contributed by atoms with Crippen molar-refractivity contribution >= 4 is 6.03 Å². The molecule has 20 heavy (non-hydrogen) atoms. The van der Waals surface area contributed by atoms with E-state index in [-0.39, 0.29) is 12.1 Å². The van der Waals surface area contributed by atoms with Crippen LogP contribution in [-0.2, 0) is 6.54 Å². The zero-order chi connectivity index (χ0) is 14.5. The van der Waals surface area contributed by atoms with Crippen LogP contribution in [-0.4, -0.2) is 53.2 Å². The monoisotopic (exact) mass is 280 g/mol. The topological polar surface area (TPSA) is 61.6 Å². The van der Waals surface area contributed by atoms with Gasteiger partial charge in [-0.2, -0.15) is 0 Å². The number of rotatable bonds is 4. The van der Waals surface area contributed by atoms with Crippen LogP contribution in [0, 0.1) is 6.92 Å². The summed E-state index contributed by atoms with van der Waals surface area (Å²) < 4.78 is 5.22. The van der Waals surface area contributed by atoms with Gasteiger partial charge in [0.05, 0.1) is 12.2 Å². The first kappa shape index (κ1) is 14.8. The molecule has 0 spiro atoms. The molecule has 1 N–H and O–H groups in total. The number of nitrogens with zero attached hydrogens (tertiary/aromatic N) is 3. The van der Waals surface area contributed by atoms with Crippen molar-refractivity contribution in [2.45, 2.75) is 39.8 Å². The van der Waals surface area contributed by atoms with Crippen LogP contribution in [0.5, 0.6) is 0 Å². The molecule has 6 nitrogen and oxygen atoms in total. The largest absolute Gasteiger partial charge is 0.360 e. The molecule has 2 rings (SSSR count). The van der Waals surface area contributed by atoms with Crippen LogP contribution in [0.4, 0.5) is 4.79 Å². The zero-order valence-electron chi connectivity index (χ0n) is 12.6. The minimum absolute atomic E-state index is 0.0505. The van der Waals surface area contributed by atoms with E-state index in [1.165, 1.54) is 0 Å². The highest BCUT2D eigenvalue weighted by molar-refractivity contribution is 5.74. The second-order valence-corrected chi connectivity index (χ2v) is 5.46. The van der Waals surface area contributed by atoms with Gasteiger partial charge in [0.25, 0.3) is 0 Å². The lowest BCUT2D eigenvalue weighted by Crippen LogP contribution is -2.52. The summed E-state index contributed by atoms with van der Waals surface area (Å²) in [6.07, 6.45) is 0.955. The maximum atomic E-state index is 12.0. The van der Waals surface area contributed by atoms with Gasteiger partial charge in [-0.3, -0.25) is 4.90 Å². The van der Waals surface area contributed by atoms with E-state index in [1.807, 2.05) is 24.8 Å². The minimum atomic E-state index is 0.0505. The Kier molecular flexibility index (Phi) is 5.00. The molecular weight excluding hydrogens is 256 g/mol. The van der Waals surface area contributed by atoms with Crippen molar-refractivity contribution in [3.63, 3.8) is 0 Å². The molecule has 1 saturated heterocycles. The Labute approximate surface area is 120 Å². The van der Waals surface area contributed by atoms with Crippen LogP contribution in [0.2, 0.25) is 0 Å². The third-order valence-corrected chi connectivity index (χ3v) is 3.70. The summed E-state index contributed by atoms with van der Waals surface area (Å²) in [4.78, 5) is 16.2. The van der Waals surface area contributed by atoms with Gasteiger partial charge >= 0.3 is 6.03 Å². The number of hydrogen-bond acceptors (Lipinski definition) is 4. The summed E-state index contributed by atoms with van der Waals surface area (Å²) in [6, 6.07) is 2.24. The van der Waals surface area contributed by atoms with Crippen LogP contribution < -0.4 is 5.32 Å². The molecule has 1 aromatic heterocycles. The van der Waals surface area contributed by atoms with Crippen LogP contribution in [0.3, 0.4) is 0 Å². The molecule has 0 radical (unpaired) electrons. The Hall–Kier alpha value is -1.56. The first-order valence-corrected chi connectivity index (χ1v) is 7.28. The van der Waals surface area contributed by atoms with E-state index in [9.17, 15) is 4.79 Å². The Bertz CT molecular complexity index is 438. The number of carbonyl (C=O) groups excluding carboxylic acids is 1. The average Bonchev–Trinajstić information content (AvgIpc) is 2.84. The quantitative estimate of drug-likeness (QED) is 0.910. The van der Waals surface area contributed by atoms with Crippen LogP contribution in [0.1, 0.15) is 31.7 Å². The van der Waals surface area contributed by atoms with Gasteiger partial charge in [-0.05, 0) is 20.3 Å². The van der Waals surface area contributed by atoms with Crippen molar-refractivity contribution in [1.29, 1.82) is 0 Å². The summed E-state index contributed by atoms with van der Waals surface area (Å²) in [5.74, 6) is 0.889. The Morgan fingerprint density at radius 1 is 1.45 bits per heavy atom. The van der Waals surface area contributed by atoms with E-state index in [0.29, 0.717) is 0 Å². The molecule has 0 unspecified atom stereocenters. The number of amides is 2. The molecule has 6 heteroatoms. The van der Waals surface area contributed by atoms with Gasteiger partial charge in [0.1, 0.15) is 0 Å². The number of aromatic nitrogens is 1. The van der Waals surface area contributed by atoms with Gasteiger partial charge in [-0.15, -0.1) is 0 Å². The summed E-state index contributed by atoms with van der Waals surface area (Å²) in [7, 11) is 0. The predicted octanol–water partition coefficient (Wildman–Crippen LogP) is 1.61. The fourth-order valence-corrected chi connectivity index (χ4v) is 2.22. The average molecular weight is 280 g/mol. The third-order valence-electron chi connectivity index (χ3n) is 3.70. The van der Waals surface area contributed by atoms with E-state index >= 15 is 0 Å². The molecule has 1 aromatic rings. The van der Waals surface area contributed by atoms with Crippen molar-refractivity contribution < 1.29 is 9.32 Å². The maximum Gasteiger partial charge on any atom is 0.317 e. The van der Waals surface area contributed by atoms with Gasteiger partial charge in [0.15, 0.2) is 5.76 Å². The van der Waals surface area contributed by atoms with Crippen molar-refractivity contribution in [1.82, 2.24) is 20.3 Å². The number of nitrogens with one attached hydrogen (secondary N) is 1. The molecule has 1 atom stereocenters. The van der Waals surface area contributed by atoms with Gasteiger partial charge in [-0.25, -0.2) is 4.79 Å². The summed E-state index contributed by atoms with van der Waals surface area (Å²) in [5.41, 5.74) is 0.909. The molecule has 2 amide bonds. The molecule has 0 saturated carbocycles. The van der Waals surface area contributed by atoms with Crippen LogP contribution >= 0.6 is 0 Å². The van der Waals surface area contributed by atoms with Gasteiger partial charge in [0.2, 0.25) is 0 Å². The Morgan fingerprint density at radius 3 is 2.70 bits per heavy atom. The molecule has 0 aromatic carbocycles. The third kappa shape index (κ3) is 3.96. The van der Waals surface area contributed by atoms with E-state index in [1.54, 1.807) is 0 Å². The van der Waals surface area contributed by atoms with Crippen molar-refractivity contribution in [2.24, 2.45) is 0 Å². The first-order valence-electron chi connectivity index (χ1n) is 7.28. The van der Waals surface area contributed by atoms with Crippen molar-refractivity contribution in [3.05, 3.63) is 17.5 Å². The number of piperazine rings is 1. The normalized spacial score (nSPS) is 18.1. The molecule has 112 valence electrons. The molecule has 1 aliphatic heterocycles. The van der Waals surface area contributed by atoms with E-state index in [0.717, 1.165) is 50.6 Å². The Morgan fingerprint density at radius 2 is 2.15 bits per heavy atom. The minimum Gasteiger partial charge on any atom is -0.360 e. The van der Waals surface area contributed by atoms with Gasteiger partial charge in [0, 0.05) is 38.3 Å². The maximum absolute atomic E-state index is 12.0. The van der Waals surface area contributed by atoms with E-state index in [2.05, 4.69) is 22.3 Å². The van der Waals surface area contributed by atoms with Gasteiger partial charge < -0.3 is 14.7 Å². The van der Waals surface area contributed by atoms with E-state index < -0.39 is 0 Å². The summed E-state index contributed by atoms with van der Waals surface area (Å²) in [6.45, 7) is 10.0. The SMILES string of the molecule is CC[C@@H](C)NC(=O)N1CCN(Cc2cc(C)no2)CC1. The lowest BCUT2D eigenvalue weighted by atomic mass is 10.2. The highest BCUT2D eigenvalue weighted by atomic mass is 16.5. The fraction of sp³-hybridized carbons (Fsp3) is 0.714. The number of urea groups is 1. The molecule has 2 heterocycles. The lowest BCUT2D eigenvalue weighted by Gasteiger charge is -2.34. The summed E-state index contributed by atoms with van der Waals surface area (Å²) in [5, 5.41) is 6.90. The van der Waals surface area contributed by atoms with Crippen molar-refractivity contribution in [2.75, 3.05) is 26.2 Å². The molecule has 0 aliphatic carbocycles. The second kappa shape index (κ2) is 6.74. The van der Waals surface area contributed by atoms with Gasteiger partial charge in [-0.1, -0.05) is 12.1 Å². The number of hydrogen-bond donors (Lipinski definition) is 1. The van der Waals surface area contributed by atoms with Crippen LogP contribution in [0.25, 0.3) is 0 Å². The Balaban J connectivity index is 1.76. The first-order chi connectivity index (χ1) is 9.58. The standard InChI is InChI=1S/C14H24N4O2/c1-4-11(2)15-14(19)18-7-5-17(6-8-18)10-13-9-12(3)16-20-13/h9,11H,4-8,10H2,1-3H3,(H,15,19)/t11-/m1/s1. The molecular formula is C14H24N4O2. The van der Waals surface area contributed by atoms with Crippen molar-refractivity contribution in [3.8, 4) is 0 Å². The predicted molar refractivity (Wildman–Crippen MR) is 76.4 cm³/mol. The van der Waals surface area contributed by atoms with Crippen LogP contribution in [0.15, 0.2) is 10.6 Å². The second-order valence-electron chi connectivity index (χ2n) is 5.46. The number of aryl methyl sites for hydroxylation is 1. The lowest BCUT2D eigenvalue weighted by molar-refractivity contribution is 0.126. The molecule has 1 fully saturated rings. The smallest absolute Gasteiger partial charge is 0.317 e. The highest BCUT2D eigenvalue weighted by Gasteiger charge is 2.22. The summed E-state index contributed by atoms with van der Waals surface area (Å²) >= 11 is 0. The molecule has 1 aliphatic rings. The van der Waals surface area contributed by atoms with E-state index in [4.69, 9.17) is 4.52 Å². The fourth-order valence-electron chi connectivity index (χ4n) is 2.22.